The molecule has 2 aromatic carbocycles. The molecule has 2 aromatic heterocycles. The standard InChI is InChI=1S/C23H20N4O4/c1-2-30-19-13-7-6-12-18(19)24-20(28)15-27-14-8-11-17(23(27)29)22-25-21(26-31-22)16-9-4-3-5-10-16/h3-14H,2,15H2,1H3,(H,24,28). The van der Waals surface area contributed by atoms with Gasteiger partial charge in [-0.3, -0.25) is 9.59 Å². The quantitative estimate of drug-likeness (QED) is 0.494. The van der Waals surface area contributed by atoms with E-state index >= 15 is 0 Å². The smallest absolute Gasteiger partial charge is 0.263 e. The summed E-state index contributed by atoms with van der Waals surface area (Å²) in [5.74, 6) is 0.691. The molecule has 4 rings (SSSR count). The third-order valence-electron chi connectivity index (χ3n) is 4.48. The summed E-state index contributed by atoms with van der Waals surface area (Å²) in [5.41, 5.74) is 1.14. The van der Waals surface area contributed by atoms with Crippen molar-refractivity contribution >= 4 is 11.6 Å². The van der Waals surface area contributed by atoms with E-state index in [-0.39, 0.29) is 23.9 Å². The Labute approximate surface area is 178 Å². The number of anilines is 1. The molecule has 0 saturated carbocycles. The van der Waals surface area contributed by atoms with Crippen molar-refractivity contribution in [3.05, 3.63) is 83.3 Å². The van der Waals surface area contributed by atoms with Crippen LogP contribution in [-0.2, 0) is 11.3 Å². The zero-order valence-corrected chi connectivity index (χ0v) is 16.8. The van der Waals surface area contributed by atoms with Crippen LogP contribution in [0.15, 0.2) is 82.2 Å². The zero-order chi connectivity index (χ0) is 21.6. The van der Waals surface area contributed by atoms with Crippen molar-refractivity contribution in [2.45, 2.75) is 13.5 Å². The molecule has 0 spiro atoms. The Hall–Kier alpha value is -4.20. The average molecular weight is 416 g/mol. The third-order valence-corrected chi connectivity index (χ3v) is 4.48. The lowest BCUT2D eigenvalue weighted by Crippen LogP contribution is -2.28. The van der Waals surface area contributed by atoms with Crippen LogP contribution in [0.3, 0.4) is 0 Å². The van der Waals surface area contributed by atoms with Gasteiger partial charge in [0.25, 0.3) is 11.4 Å². The Morgan fingerprint density at radius 2 is 1.84 bits per heavy atom. The number of amides is 1. The fraction of sp³-hybridized carbons (Fsp3) is 0.130. The Kier molecular flexibility index (Phi) is 5.89. The van der Waals surface area contributed by atoms with Crippen LogP contribution in [0.25, 0.3) is 22.8 Å². The Morgan fingerprint density at radius 1 is 1.06 bits per heavy atom. The van der Waals surface area contributed by atoms with Crippen LogP contribution in [-0.4, -0.2) is 27.2 Å². The molecule has 8 heteroatoms. The summed E-state index contributed by atoms with van der Waals surface area (Å²) in [7, 11) is 0. The first kappa shape index (κ1) is 20.1. The summed E-state index contributed by atoms with van der Waals surface area (Å²) in [6, 6.07) is 19.7. The van der Waals surface area contributed by atoms with E-state index in [4.69, 9.17) is 9.26 Å². The lowest BCUT2D eigenvalue weighted by molar-refractivity contribution is -0.116. The minimum absolute atomic E-state index is 0.0975. The summed E-state index contributed by atoms with van der Waals surface area (Å²) in [4.78, 5) is 29.8. The minimum Gasteiger partial charge on any atom is -0.492 e. The van der Waals surface area contributed by atoms with E-state index < -0.39 is 5.56 Å². The number of hydrogen-bond donors (Lipinski definition) is 1. The van der Waals surface area contributed by atoms with Gasteiger partial charge in [-0.05, 0) is 31.2 Å². The first-order valence-electron chi connectivity index (χ1n) is 9.76. The lowest BCUT2D eigenvalue weighted by Gasteiger charge is -2.12. The molecule has 156 valence electrons. The van der Waals surface area contributed by atoms with Crippen molar-refractivity contribution < 1.29 is 14.1 Å². The van der Waals surface area contributed by atoms with Gasteiger partial charge in [0.15, 0.2) is 0 Å². The molecule has 2 heterocycles. The number of benzene rings is 2. The number of carbonyl (C=O) groups is 1. The molecule has 0 bridgehead atoms. The molecule has 0 saturated heterocycles. The number of ether oxygens (including phenoxy) is 1. The SMILES string of the molecule is CCOc1ccccc1NC(=O)Cn1cccc(-c2nc(-c3ccccc3)no2)c1=O. The average Bonchev–Trinajstić information content (AvgIpc) is 3.27. The first-order chi connectivity index (χ1) is 15.2. The van der Waals surface area contributed by atoms with Crippen molar-refractivity contribution in [2.24, 2.45) is 0 Å². The monoisotopic (exact) mass is 416 g/mol. The molecule has 1 amide bonds. The Bertz CT molecular complexity index is 1250. The van der Waals surface area contributed by atoms with Gasteiger partial charge in [0.05, 0.1) is 12.3 Å². The van der Waals surface area contributed by atoms with Gasteiger partial charge in [-0.1, -0.05) is 47.6 Å². The highest BCUT2D eigenvalue weighted by atomic mass is 16.5. The van der Waals surface area contributed by atoms with Gasteiger partial charge in [0, 0.05) is 11.8 Å². The Morgan fingerprint density at radius 3 is 2.65 bits per heavy atom. The zero-order valence-electron chi connectivity index (χ0n) is 16.8. The van der Waals surface area contributed by atoms with E-state index in [9.17, 15) is 9.59 Å². The molecular formula is C23H20N4O4. The van der Waals surface area contributed by atoms with E-state index in [2.05, 4.69) is 15.5 Å². The maximum absolute atomic E-state index is 12.9. The van der Waals surface area contributed by atoms with E-state index in [0.29, 0.717) is 23.9 Å². The molecule has 0 aliphatic heterocycles. The number of nitrogens with one attached hydrogen (secondary N) is 1. The van der Waals surface area contributed by atoms with Gasteiger partial charge in [-0.15, -0.1) is 0 Å². The summed E-state index contributed by atoms with van der Waals surface area (Å²) < 4.78 is 12.1. The maximum atomic E-state index is 12.9. The van der Waals surface area contributed by atoms with Crippen LogP contribution in [0.1, 0.15) is 6.92 Å². The van der Waals surface area contributed by atoms with E-state index in [1.165, 1.54) is 10.8 Å². The van der Waals surface area contributed by atoms with Crippen LogP contribution in [0.2, 0.25) is 0 Å². The van der Waals surface area contributed by atoms with Crippen LogP contribution in [0.5, 0.6) is 5.75 Å². The topological polar surface area (TPSA) is 99.2 Å². The second kappa shape index (κ2) is 9.08. The summed E-state index contributed by atoms with van der Waals surface area (Å²) in [5, 5.41) is 6.73. The predicted molar refractivity (Wildman–Crippen MR) is 116 cm³/mol. The summed E-state index contributed by atoms with van der Waals surface area (Å²) in [6.07, 6.45) is 1.54. The molecule has 1 N–H and O–H groups in total. The molecular weight excluding hydrogens is 396 g/mol. The molecule has 0 aliphatic rings. The lowest BCUT2D eigenvalue weighted by atomic mass is 10.2. The van der Waals surface area contributed by atoms with Crippen molar-refractivity contribution in [3.8, 4) is 28.6 Å². The van der Waals surface area contributed by atoms with Crippen molar-refractivity contribution in [2.75, 3.05) is 11.9 Å². The third kappa shape index (κ3) is 4.53. The van der Waals surface area contributed by atoms with Crippen LogP contribution < -0.4 is 15.6 Å². The molecule has 4 aromatic rings. The van der Waals surface area contributed by atoms with Gasteiger partial charge in [0.1, 0.15) is 17.9 Å². The Balaban J connectivity index is 1.54. The largest absolute Gasteiger partial charge is 0.492 e. The minimum atomic E-state index is -0.404. The van der Waals surface area contributed by atoms with Gasteiger partial charge in [-0.2, -0.15) is 4.98 Å². The fourth-order valence-electron chi connectivity index (χ4n) is 3.06. The second-order valence-electron chi connectivity index (χ2n) is 6.62. The normalized spacial score (nSPS) is 10.6. The van der Waals surface area contributed by atoms with Crippen LogP contribution >= 0.6 is 0 Å². The molecule has 8 nitrogen and oxygen atoms in total. The highest BCUT2D eigenvalue weighted by Crippen LogP contribution is 2.23. The fourth-order valence-corrected chi connectivity index (χ4v) is 3.06. The van der Waals surface area contributed by atoms with Crippen LogP contribution in [0.4, 0.5) is 5.69 Å². The number of hydrogen-bond acceptors (Lipinski definition) is 6. The molecule has 0 fully saturated rings. The van der Waals surface area contributed by atoms with Gasteiger partial charge in [-0.25, -0.2) is 0 Å². The highest BCUT2D eigenvalue weighted by Gasteiger charge is 2.16. The van der Waals surface area contributed by atoms with Crippen molar-refractivity contribution in [1.82, 2.24) is 14.7 Å². The van der Waals surface area contributed by atoms with Gasteiger partial charge < -0.3 is 19.1 Å². The first-order valence-corrected chi connectivity index (χ1v) is 9.76. The number of para-hydroxylation sites is 2. The number of rotatable bonds is 7. The molecule has 0 unspecified atom stereocenters. The number of aromatic nitrogens is 3. The number of pyridine rings is 1. The van der Waals surface area contributed by atoms with Gasteiger partial charge >= 0.3 is 0 Å². The number of carbonyl (C=O) groups excluding carboxylic acids is 1. The molecule has 0 radical (unpaired) electrons. The number of nitrogens with zero attached hydrogens (tertiary/aromatic N) is 3. The maximum Gasteiger partial charge on any atom is 0.263 e. The van der Waals surface area contributed by atoms with E-state index in [1.54, 1.807) is 30.3 Å². The molecule has 31 heavy (non-hydrogen) atoms. The van der Waals surface area contributed by atoms with E-state index in [0.717, 1.165) is 5.56 Å². The van der Waals surface area contributed by atoms with Gasteiger partial charge in [0.2, 0.25) is 11.7 Å². The highest BCUT2D eigenvalue weighted by molar-refractivity contribution is 5.92. The van der Waals surface area contributed by atoms with E-state index in [1.807, 2.05) is 43.3 Å². The van der Waals surface area contributed by atoms with Crippen molar-refractivity contribution in [3.63, 3.8) is 0 Å². The molecule has 0 aliphatic carbocycles. The second-order valence-corrected chi connectivity index (χ2v) is 6.62. The molecule has 0 atom stereocenters. The summed E-state index contributed by atoms with van der Waals surface area (Å²) in [6.45, 7) is 2.17. The van der Waals surface area contributed by atoms with Crippen molar-refractivity contribution in [1.29, 1.82) is 0 Å². The van der Waals surface area contributed by atoms with Crippen LogP contribution in [0, 0.1) is 0 Å². The predicted octanol–water partition coefficient (Wildman–Crippen LogP) is 3.60. The summed E-state index contributed by atoms with van der Waals surface area (Å²) >= 11 is 0.